The van der Waals surface area contributed by atoms with Crippen molar-refractivity contribution in [3.05, 3.63) is 71.3 Å². The summed E-state index contributed by atoms with van der Waals surface area (Å²) in [6.07, 6.45) is -1.61. The van der Waals surface area contributed by atoms with Gasteiger partial charge < -0.3 is 25.6 Å². The van der Waals surface area contributed by atoms with Crippen LogP contribution in [0.5, 0.6) is 11.5 Å². The van der Waals surface area contributed by atoms with Crippen LogP contribution in [0.1, 0.15) is 34.5 Å². The minimum absolute atomic E-state index is 0.0330. The molecule has 42 heavy (non-hydrogen) atoms. The number of ether oxygens (including phenoxy) is 2. The fourth-order valence-corrected chi connectivity index (χ4v) is 4.91. The quantitative estimate of drug-likeness (QED) is 0.238. The summed E-state index contributed by atoms with van der Waals surface area (Å²) in [6, 6.07) is 9.57. The highest BCUT2D eigenvalue weighted by Crippen LogP contribution is 2.47. The number of hydrogen-bond acceptors (Lipinski definition) is 7. The molecule has 4 aromatic rings. The Hall–Kier alpha value is -4.23. The molecule has 2 heterocycles. The summed E-state index contributed by atoms with van der Waals surface area (Å²) in [5, 5.41) is 19.7. The SMILES string of the molecule is COc1cc(C(=O)NC[C@](O)(c2cc(CN)c(OCC(F)(F)F)c(-c3ccc(F)cc3)n2)C2CC2)cc2cn(C)nc12. The molecule has 4 N–H and O–H groups in total. The Balaban J connectivity index is 1.51. The molecule has 0 radical (unpaired) electrons. The van der Waals surface area contributed by atoms with E-state index in [0.717, 1.165) is 12.1 Å². The Bertz CT molecular complexity index is 1620. The molecule has 2 aromatic carbocycles. The summed E-state index contributed by atoms with van der Waals surface area (Å²) in [7, 11) is 3.22. The van der Waals surface area contributed by atoms with Gasteiger partial charge in [0.05, 0.1) is 19.3 Å². The van der Waals surface area contributed by atoms with E-state index in [0.29, 0.717) is 29.5 Å². The molecule has 2 aromatic heterocycles. The van der Waals surface area contributed by atoms with Gasteiger partial charge in [-0.25, -0.2) is 9.37 Å². The fraction of sp³-hybridized carbons (Fsp3) is 0.345. The Morgan fingerprint density at radius 2 is 1.90 bits per heavy atom. The number of nitrogens with zero attached hydrogens (tertiary/aromatic N) is 3. The van der Waals surface area contributed by atoms with Crippen molar-refractivity contribution in [2.75, 3.05) is 20.3 Å². The van der Waals surface area contributed by atoms with Crippen molar-refractivity contribution in [2.24, 2.45) is 18.7 Å². The zero-order valence-electron chi connectivity index (χ0n) is 22.8. The molecular weight excluding hydrogens is 558 g/mol. The summed E-state index contributed by atoms with van der Waals surface area (Å²) < 4.78 is 65.0. The van der Waals surface area contributed by atoms with Crippen LogP contribution in [-0.2, 0) is 19.2 Å². The molecule has 9 nitrogen and oxygen atoms in total. The molecule has 0 unspecified atom stereocenters. The molecular formula is C29H29F4N5O4. The summed E-state index contributed by atoms with van der Waals surface area (Å²) in [6.45, 7) is -2.07. The van der Waals surface area contributed by atoms with E-state index in [2.05, 4.69) is 15.4 Å². The Morgan fingerprint density at radius 1 is 1.19 bits per heavy atom. The molecule has 1 atom stereocenters. The molecule has 1 fully saturated rings. The number of carbonyl (C=O) groups is 1. The van der Waals surface area contributed by atoms with E-state index in [1.807, 2.05) is 0 Å². The van der Waals surface area contributed by atoms with E-state index < -0.39 is 30.1 Å². The van der Waals surface area contributed by atoms with Crippen molar-refractivity contribution >= 4 is 16.8 Å². The monoisotopic (exact) mass is 587 g/mol. The van der Waals surface area contributed by atoms with Crippen LogP contribution in [0.15, 0.2) is 48.7 Å². The summed E-state index contributed by atoms with van der Waals surface area (Å²) in [4.78, 5) is 17.8. The molecule has 0 aliphatic heterocycles. The van der Waals surface area contributed by atoms with E-state index in [4.69, 9.17) is 15.2 Å². The van der Waals surface area contributed by atoms with Gasteiger partial charge in [-0.15, -0.1) is 0 Å². The highest BCUT2D eigenvalue weighted by atomic mass is 19.4. The van der Waals surface area contributed by atoms with Gasteiger partial charge in [-0.3, -0.25) is 9.48 Å². The number of fused-ring (bicyclic) bond motifs is 1. The van der Waals surface area contributed by atoms with E-state index in [1.165, 1.54) is 25.3 Å². The lowest BCUT2D eigenvalue weighted by Crippen LogP contribution is -2.43. The normalized spacial score (nSPS) is 15.0. The van der Waals surface area contributed by atoms with Crippen molar-refractivity contribution < 1.29 is 36.9 Å². The first-order valence-electron chi connectivity index (χ1n) is 13.1. The summed E-state index contributed by atoms with van der Waals surface area (Å²) in [5.74, 6) is -1.13. The number of nitrogens with one attached hydrogen (secondary N) is 1. The Kier molecular flexibility index (Phi) is 7.82. The standard InChI is InChI=1S/C29H29F4N5O4/c1-38-13-19-9-17(10-22(41-2)24(19)37-38)27(39)35-14-28(40,20-5-6-20)23-11-18(12-34)26(42-15-29(31,32)33)25(36-23)16-3-7-21(30)8-4-16/h3-4,7-11,13,20,40H,5-6,12,14-15,34H2,1-2H3,(H,35,39)/t28-/m1/s1. The number of aliphatic hydroxyl groups is 1. The molecule has 0 bridgehead atoms. The van der Waals surface area contributed by atoms with Crippen LogP contribution in [0.25, 0.3) is 22.2 Å². The van der Waals surface area contributed by atoms with E-state index in [-0.39, 0.29) is 52.8 Å². The van der Waals surface area contributed by atoms with Gasteiger partial charge in [0.25, 0.3) is 5.91 Å². The molecule has 1 saturated carbocycles. The van der Waals surface area contributed by atoms with Gasteiger partial charge in [0, 0.05) is 41.9 Å². The van der Waals surface area contributed by atoms with Crippen LogP contribution in [0.3, 0.4) is 0 Å². The van der Waals surface area contributed by atoms with Crippen molar-refractivity contribution in [1.29, 1.82) is 0 Å². The Labute approximate surface area is 238 Å². The van der Waals surface area contributed by atoms with Crippen molar-refractivity contribution in [1.82, 2.24) is 20.1 Å². The molecule has 222 valence electrons. The molecule has 1 amide bonds. The van der Waals surface area contributed by atoms with E-state index in [1.54, 1.807) is 30.1 Å². The van der Waals surface area contributed by atoms with Gasteiger partial charge in [-0.1, -0.05) is 0 Å². The minimum Gasteiger partial charge on any atom is -0.494 e. The molecule has 0 saturated heterocycles. The first-order chi connectivity index (χ1) is 19.9. The molecule has 5 rings (SSSR count). The second-order valence-corrected chi connectivity index (χ2v) is 10.3. The summed E-state index contributed by atoms with van der Waals surface area (Å²) in [5.41, 5.74) is 5.61. The number of aromatic nitrogens is 3. The number of halogens is 4. The van der Waals surface area contributed by atoms with E-state index >= 15 is 0 Å². The number of aryl methyl sites for hydroxylation is 1. The van der Waals surface area contributed by atoms with Crippen LogP contribution in [-0.4, -0.2) is 52.2 Å². The number of rotatable bonds is 10. The number of nitrogens with two attached hydrogens (primary N) is 1. The fourth-order valence-electron chi connectivity index (χ4n) is 4.91. The highest BCUT2D eigenvalue weighted by molar-refractivity contribution is 5.99. The largest absolute Gasteiger partial charge is 0.494 e. The summed E-state index contributed by atoms with van der Waals surface area (Å²) >= 11 is 0. The third kappa shape index (κ3) is 6.02. The zero-order valence-corrected chi connectivity index (χ0v) is 22.8. The maximum absolute atomic E-state index is 13.7. The number of amides is 1. The van der Waals surface area contributed by atoms with Gasteiger partial charge >= 0.3 is 6.18 Å². The third-order valence-corrected chi connectivity index (χ3v) is 7.15. The predicted molar refractivity (Wildman–Crippen MR) is 145 cm³/mol. The van der Waals surface area contributed by atoms with Crippen molar-refractivity contribution in [3.63, 3.8) is 0 Å². The first kappa shape index (κ1) is 29.3. The maximum atomic E-state index is 13.7. The van der Waals surface area contributed by atoms with Gasteiger partial charge in [0.15, 0.2) is 12.4 Å². The second kappa shape index (κ2) is 11.2. The van der Waals surface area contributed by atoms with Crippen molar-refractivity contribution in [3.8, 4) is 22.8 Å². The number of carbonyl (C=O) groups excluding carboxylic acids is 1. The zero-order chi connectivity index (χ0) is 30.2. The maximum Gasteiger partial charge on any atom is 0.422 e. The smallest absolute Gasteiger partial charge is 0.422 e. The van der Waals surface area contributed by atoms with Crippen LogP contribution >= 0.6 is 0 Å². The van der Waals surface area contributed by atoms with Gasteiger partial charge in [0.1, 0.15) is 28.4 Å². The lowest BCUT2D eigenvalue weighted by atomic mass is 9.90. The lowest BCUT2D eigenvalue weighted by molar-refractivity contribution is -0.153. The number of hydrogen-bond donors (Lipinski definition) is 3. The van der Waals surface area contributed by atoms with Gasteiger partial charge in [-0.05, 0) is 61.2 Å². The van der Waals surface area contributed by atoms with Crippen LogP contribution < -0.4 is 20.5 Å². The van der Waals surface area contributed by atoms with Crippen molar-refractivity contribution in [2.45, 2.75) is 31.2 Å². The van der Waals surface area contributed by atoms with Crippen LogP contribution in [0, 0.1) is 11.7 Å². The first-order valence-corrected chi connectivity index (χ1v) is 13.1. The van der Waals surface area contributed by atoms with Gasteiger partial charge in [-0.2, -0.15) is 18.3 Å². The number of alkyl halides is 3. The molecule has 0 spiro atoms. The average molecular weight is 588 g/mol. The lowest BCUT2D eigenvalue weighted by Gasteiger charge is -2.30. The average Bonchev–Trinajstić information content (AvgIpc) is 3.75. The number of methoxy groups -OCH3 is 1. The predicted octanol–water partition coefficient (Wildman–Crippen LogP) is 4.21. The Morgan fingerprint density at radius 3 is 2.52 bits per heavy atom. The van der Waals surface area contributed by atoms with Crippen LogP contribution in [0.4, 0.5) is 17.6 Å². The molecule has 1 aliphatic rings. The highest BCUT2D eigenvalue weighted by Gasteiger charge is 2.47. The van der Waals surface area contributed by atoms with Gasteiger partial charge in [0.2, 0.25) is 0 Å². The van der Waals surface area contributed by atoms with Crippen LogP contribution in [0.2, 0.25) is 0 Å². The third-order valence-electron chi connectivity index (χ3n) is 7.15. The topological polar surface area (TPSA) is 125 Å². The molecule has 13 heteroatoms. The minimum atomic E-state index is -4.63. The van der Waals surface area contributed by atoms with E-state index in [9.17, 15) is 27.5 Å². The number of pyridine rings is 1. The number of benzene rings is 2. The molecule has 1 aliphatic carbocycles. The second-order valence-electron chi connectivity index (χ2n) is 10.3.